The average molecular weight is 504 g/mol. The summed E-state index contributed by atoms with van der Waals surface area (Å²) in [7, 11) is -3.99. The van der Waals surface area contributed by atoms with E-state index < -0.39 is 22.5 Å². The molecule has 0 fully saturated rings. The summed E-state index contributed by atoms with van der Waals surface area (Å²) in [5.41, 5.74) is 4.22. The molecule has 0 aromatic heterocycles. The third-order valence-electron chi connectivity index (χ3n) is 4.85. The number of carbonyl (C=O) groups is 1. The number of rotatable bonds is 8. The van der Waals surface area contributed by atoms with Crippen LogP contribution in [0.4, 0.5) is 5.69 Å². The maximum atomic E-state index is 13.3. The van der Waals surface area contributed by atoms with Gasteiger partial charge in [0.05, 0.1) is 26.8 Å². The number of benzene rings is 3. The molecule has 0 atom stereocenters. The van der Waals surface area contributed by atoms with E-state index in [2.05, 4.69) is 10.5 Å². The maximum Gasteiger partial charge on any atom is 0.264 e. The van der Waals surface area contributed by atoms with Crippen molar-refractivity contribution >= 4 is 51.0 Å². The number of nitrogens with zero attached hydrogens (tertiary/aromatic N) is 2. The molecule has 0 spiro atoms. The predicted octanol–water partition coefficient (Wildman–Crippen LogP) is 5.46. The van der Waals surface area contributed by atoms with Gasteiger partial charge >= 0.3 is 0 Å². The summed E-state index contributed by atoms with van der Waals surface area (Å²) in [6.45, 7) is 3.63. The lowest BCUT2D eigenvalue weighted by atomic mass is 10.0. The number of hydrogen-bond donors (Lipinski definition) is 1. The Hall–Kier alpha value is -2.87. The Labute approximate surface area is 203 Å². The second-order valence-electron chi connectivity index (χ2n) is 7.50. The van der Waals surface area contributed by atoms with Gasteiger partial charge in [-0.1, -0.05) is 73.4 Å². The number of carbonyl (C=O) groups excluding carboxylic acids is 1. The zero-order valence-corrected chi connectivity index (χ0v) is 20.4. The molecule has 0 unspecified atom stereocenters. The van der Waals surface area contributed by atoms with E-state index in [0.717, 1.165) is 9.87 Å². The van der Waals surface area contributed by atoms with Crippen molar-refractivity contribution in [2.75, 3.05) is 10.8 Å². The molecule has 172 valence electrons. The van der Waals surface area contributed by atoms with Gasteiger partial charge in [-0.05, 0) is 47.9 Å². The summed E-state index contributed by atoms with van der Waals surface area (Å²) in [4.78, 5) is 12.7. The van der Waals surface area contributed by atoms with E-state index in [0.29, 0.717) is 21.3 Å². The zero-order chi connectivity index (χ0) is 24.0. The monoisotopic (exact) mass is 503 g/mol. The Balaban J connectivity index is 1.86. The topological polar surface area (TPSA) is 78.8 Å². The molecule has 0 aliphatic carbocycles. The first-order chi connectivity index (χ1) is 15.7. The molecular weight excluding hydrogens is 481 g/mol. The van der Waals surface area contributed by atoms with Gasteiger partial charge in [-0.3, -0.25) is 9.10 Å². The van der Waals surface area contributed by atoms with Gasteiger partial charge in [0.1, 0.15) is 6.54 Å². The van der Waals surface area contributed by atoms with Crippen molar-refractivity contribution in [3.05, 3.63) is 94.0 Å². The number of hydrogen-bond acceptors (Lipinski definition) is 4. The van der Waals surface area contributed by atoms with Crippen molar-refractivity contribution in [1.82, 2.24) is 5.43 Å². The summed E-state index contributed by atoms with van der Waals surface area (Å²) < 4.78 is 27.7. The smallest absolute Gasteiger partial charge is 0.264 e. The van der Waals surface area contributed by atoms with Crippen LogP contribution in [0.25, 0.3) is 0 Å². The van der Waals surface area contributed by atoms with Gasteiger partial charge in [0.25, 0.3) is 15.9 Å². The molecule has 0 aliphatic rings. The number of halogens is 2. The largest absolute Gasteiger partial charge is 0.271 e. The Kier molecular flexibility index (Phi) is 8.13. The molecular formula is C24H23Cl2N3O3S. The van der Waals surface area contributed by atoms with E-state index in [-0.39, 0.29) is 10.8 Å². The number of amides is 1. The van der Waals surface area contributed by atoms with Gasteiger partial charge in [-0.15, -0.1) is 0 Å². The fourth-order valence-electron chi connectivity index (χ4n) is 3.03. The lowest BCUT2D eigenvalue weighted by molar-refractivity contribution is -0.119. The van der Waals surface area contributed by atoms with E-state index in [1.165, 1.54) is 18.3 Å². The molecule has 0 radical (unpaired) electrons. The molecule has 0 heterocycles. The molecule has 33 heavy (non-hydrogen) atoms. The second kappa shape index (κ2) is 10.8. The van der Waals surface area contributed by atoms with E-state index in [9.17, 15) is 13.2 Å². The van der Waals surface area contributed by atoms with Crippen LogP contribution in [0.5, 0.6) is 0 Å². The molecule has 3 aromatic rings. The molecule has 0 aliphatic heterocycles. The van der Waals surface area contributed by atoms with Crippen molar-refractivity contribution < 1.29 is 13.2 Å². The third kappa shape index (κ3) is 6.13. The lowest BCUT2D eigenvalue weighted by Gasteiger charge is -2.24. The normalized spacial score (nSPS) is 11.7. The summed E-state index contributed by atoms with van der Waals surface area (Å²) in [6.07, 6.45) is 1.32. The van der Waals surface area contributed by atoms with Crippen LogP contribution in [0, 0.1) is 0 Å². The van der Waals surface area contributed by atoms with Crippen molar-refractivity contribution in [1.29, 1.82) is 0 Å². The number of anilines is 1. The van der Waals surface area contributed by atoms with Crippen LogP contribution >= 0.6 is 23.2 Å². The van der Waals surface area contributed by atoms with Crippen molar-refractivity contribution in [3.63, 3.8) is 0 Å². The quantitative estimate of drug-likeness (QED) is 0.327. The Morgan fingerprint density at radius 3 is 2.15 bits per heavy atom. The van der Waals surface area contributed by atoms with Crippen molar-refractivity contribution in [2.45, 2.75) is 24.7 Å². The van der Waals surface area contributed by atoms with Crippen LogP contribution in [0.2, 0.25) is 10.0 Å². The van der Waals surface area contributed by atoms with Gasteiger partial charge < -0.3 is 0 Å². The van der Waals surface area contributed by atoms with E-state index in [4.69, 9.17) is 23.2 Å². The van der Waals surface area contributed by atoms with E-state index >= 15 is 0 Å². The fraction of sp³-hybridized carbons (Fsp3) is 0.167. The summed E-state index contributed by atoms with van der Waals surface area (Å²) in [6, 6.07) is 20.0. The van der Waals surface area contributed by atoms with Gasteiger partial charge in [0.2, 0.25) is 0 Å². The third-order valence-corrected chi connectivity index (χ3v) is 7.30. The molecule has 0 saturated carbocycles. The molecule has 6 nitrogen and oxygen atoms in total. The van der Waals surface area contributed by atoms with Gasteiger partial charge in [-0.2, -0.15) is 5.10 Å². The molecule has 9 heteroatoms. The standard InChI is InChI=1S/C24H23Cl2N3O3S/c1-17(2)18-11-13-19(14-12-18)29(33(31,32)20-7-4-3-5-8-20)16-24(30)28-27-15-21-22(25)9-6-10-23(21)26/h3-15,17H,16H2,1-2H3,(H,28,30). The van der Waals surface area contributed by atoms with Crippen molar-refractivity contribution in [3.8, 4) is 0 Å². The summed E-state index contributed by atoms with van der Waals surface area (Å²) in [5, 5.41) is 4.64. The van der Waals surface area contributed by atoms with E-state index in [1.54, 1.807) is 48.5 Å². The van der Waals surface area contributed by atoms with Crippen LogP contribution in [-0.2, 0) is 14.8 Å². The van der Waals surface area contributed by atoms with Crippen LogP contribution in [0.3, 0.4) is 0 Å². The number of sulfonamides is 1. The number of hydrazone groups is 1. The van der Waals surface area contributed by atoms with Gasteiger partial charge in [-0.25, -0.2) is 13.8 Å². The maximum absolute atomic E-state index is 13.3. The number of nitrogens with one attached hydrogen (secondary N) is 1. The minimum atomic E-state index is -3.99. The Morgan fingerprint density at radius 2 is 1.58 bits per heavy atom. The van der Waals surface area contributed by atoms with Crippen molar-refractivity contribution in [2.24, 2.45) is 5.10 Å². The van der Waals surface area contributed by atoms with Gasteiger partial charge in [0.15, 0.2) is 0 Å². The molecule has 1 N–H and O–H groups in total. The zero-order valence-electron chi connectivity index (χ0n) is 18.1. The fourth-order valence-corrected chi connectivity index (χ4v) is 4.97. The summed E-state index contributed by atoms with van der Waals surface area (Å²) >= 11 is 12.2. The lowest BCUT2D eigenvalue weighted by Crippen LogP contribution is -2.39. The van der Waals surface area contributed by atoms with Crippen LogP contribution in [-0.4, -0.2) is 27.1 Å². The molecule has 0 bridgehead atoms. The highest BCUT2D eigenvalue weighted by molar-refractivity contribution is 7.92. The first kappa shape index (κ1) is 24.8. The van der Waals surface area contributed by atoms with Crippen LogP contribution in [0.15, 0.2) is 82.8 Å². The minimum absolute atomic E-state index is 0.0806. The van der Waals surface area contributed by atoms with Crippen LogP contribution < -0.4 is 9.73 Å². The highest BCUT2D eigenvalue weighted by Gasteiger charge is 2.27. The summed E-state index contributed by atoms with van der Waals surface area (Å²) in [5.74, 6) is -0.339. The molecule has 3 rings (SSSR count). The average Bonchev–Trinajstić information content (AvgIpc) is 2.80. The minimum Gasteiger partial charge on any atom is -0.271 e. The Morgan fingerprint density at radius 1 is 0.970 bits per heavy atom. The van der Waals surface area contributed by atoms with Crippen LogP contribution in [0.1, 0.15) is 30.9 Å². The molecule has 3 aromatic carbocycles. The first-order valence-corrected chi connectivity index (χ1v) is 12.3. The Bertz CT molecular complexity index is 1230. The van der Waals surface area contributed by atoms with Gasteiger partial charge in [0, 0.05) is 5.56 Å². The van der Waals surface area contributed by atoms with E-state index in [1.807, 2.05) is 26.0 Å². The SMILES string of the molecule is CC(C)c1ccc(N(CC(=O)NN=Cc2c(Cl)cccc2Cl)S(=O)(=O)c2ccccc2)cc1. The molecule has 0 saturated heterocycles. The molecule has 1 amide bonds. The second-order valence-corrected chi connectivity index (χ2v) is 10.2. The predicted molar refractivity (Wildman–Crippen MR) is 134 cm³/mol. The highest BCUT2D eigenvalue weighted by atomic mass is 35.5. The highest BCUT2D eigenvalue weighted by Crippen LogP contribution is 2.26. The first-order valence-electron chi connectivity index (χ1n) is 10.1.